The SMILES string of the molecule is CCCC(CCNC(=O)CC(N)CC)CCC(=O)O. The molecule has 1 amide bonds. The van der Waals surface area contributed by atoms with E-state index >= 15 is 0 Å². The van der Waals surface area contributed by atoms with Crippen LogP contribution in [0.3, 0.4) is 0 Å². The quantitative estimate of drug-likeness (QED) is 0.535. The third-order valence-corrected chi connectivity index (χ3v) is 3.31. The lowest BCUT2D eigenvalue weighted by Gasteiger charge is -2.16. The maximum atomic E-state index is 11.5. The first-order chi connectivity index (χ1) is 8.99. The first kappa shape index (κ1) is 17.9. The van der Waals surface area contributed by atoms with Crippen molar-refractivity contribution in [3.05, 3.63) is 0 Å². The van der Waals surface area contributed by atoms with Gasteiger partial charge in [-0.05, 0) is 25.2 Å². The van der Waals surface area contributed by atoms with Crippen LogP contribution in [0.5, 0.6) is 0 Å². The molecule has 0 aromatic carbocycles. The second-order valence-corrected chi connectivity index (χ2v) is 5.10. The van der Waals surface area contributed by atoms with Gasteiger partial charge in [-0.3, -0.25) is 9.59 Å². The van der Waals surface area contributed by atoms with Crippen LogP contribution >= 0.6 is 0 Å². The molecule has 0 saturated carbocycles. The Bertz CT molecular complexity index is 269. The van der Waals surface area contributed by atoms with Crippen molar-refractivity contribution in [2.45, 2.75) is 64.8 Å². The fourth-order valence-electron chi connectivity index (χ4n) is 2.04. The van der Waals surface area contributed by atoms with Gasteiger partial charge in [-0.25, -0.2) is 0 Å². The van der Waals surface area contributed by atoms with Gasteiger partial charge in [0.2, 0.25) is 5.91 Å². The molecule has 112 valence electrons. The van der Waals surface area contributed by atoms with E-state index in [1.807, 2.05) is 6.92 Å². The van der Waals surface area contributed by atoms with Crippen LogP contribution in [-0.4, -0.2) is 29.6 Å². The van der Waals surface area contributed by atoms with Crippen LogP contribution < -0.4 is 11.1 Å². The number of rotatable bonds is 11. The Hall–Kier alpha value is -1.10. The van der Waals surface area contributed by atoms with Crippen LogP contribution in [0, 0.1) is 5.92 Å². The molecule has 19 heavy (non-hydrogen) atoms. The molecule has 0 aromatic heterocycles. The lowest BCUT2D eigenvalue weighted by molar-refractivity contribution is -0.137. The minimum Gasteiger partial charge on any atom is -0.481 e. The van der Waals surface area contributed by atoms with Crippen molar-refractivity contribution in [1.29, 1.82) is 0 Å². The van der Waals surface area contributed by atoms with Crippen molar-refractivity contribution in [3.63, 3.8) is 0 Å². The van der Waals surface area contributed by atoms with E-state index in [2.05, 4.69) is 12.2 Å². The van der Waals surface area contributed by atoms with Gasteiger partial charge in [0.05, 0.1) is 0 Å². The van der Waals surface area contributed by atoms with Gasteiger partial charge in [0.25, 0.3) is 0 Å². The molecule has 0 aliphatic heterocycles. The standard InChI is InChI=1S/C14H28N2O3/c1-3-5-11(6-7-14(18)19)8-9-16-13(17)10-12(15)4-2/h11-12H,3-10,15H2,1-2H3,(H,16,17)(H,18,19). The lowest BCUT2D eigenvalue weighted by Crippen LogP contribution is -2.32. The molecule has 2 unspecified atom stereocenters. The van der Waals surface area contributed by atoms with E-state index in [9.17, 15) is 9.59 Å². The molecule has 0 aliphatic rings. The van der Waals surface area contributed by atoms with Gasteiger partial charge >= 0.3 is 5.97 Å². The second-order valence-electron chi connectivity index (χ2n) is 5.10. The highest BCUT2D eigenvalue weighted by Gasteiger charge is 2.11. The number of carboxylic acid groups (broad SMARTS) is 1. The topological polar surface area (TPSA) is 92.4 Å². The van der Waals surface area contributed by atoms with E-state index in [1.54, 1.807) is 0 Å². The molecule has 5 heteroatoms. The van der Waals surface area contributed by atoms with Crippen LogP contribution in [0.2, 0.25) is 0 Å². The smallest absolute Gasteiger partial charge is 0.303 e. The largest absolute Gasteiger partial charge is 0.481 e. The third kappa shape index (κ3) is 10.5. The normalized spacial score (nSPS) is 13.8. The first-order valence-corrected chi connectivity index (χ1v) is 7.23. The monoisotopic (exact) mass is 272 g/mol. The number of hydrogen-bond acceptors (Lipinski definition) is 3. The maximum Gasteiger partial charge on any atom is 0.303 e. The molecule has 0 bridgehead atoms. The molecule has 0 aromatic rings. The van der Waals surface area contributed by atoms with Crippen molar-refractivity contribution in [2.24, 2.45) is 11.7 Å². The zero-order valence-electron chi connectivity index (χ0n) is 12.2. The molecule has 0 heterocycles. The molecule has 5 nitrogen and oxygen atoms in total. The third-order valence-electron chi connectivity index (χ3n) is 3.31. The zero-order chi connectivity index (χ0) is 14.7. The van der Waals surface area contributed by atoms with Gasteiger partial charge in [0.1, 0.15) is 0 Å². The van der Waals surface area contributed by atoms with Gasteiger partial charge in [-0.2, -0.15) is 0 Å². The summed E-state index contributed by atoms with van der Waals surface area (Å²) in [6, 6.07) is -0.0709. The molecule has 0 aliphatic carbocycles. The Kier molecular flexibility index (Phi) is 10.2. The summed E-state index contributed by atoms with van der Waals surface area (Å²) in [6.07, 6.45) is 4.95. The van der Waals surface area contributed by atoms with Crippen molar-refractivity contribution in [2.75, 3.05) is 6.54 Å². The van der Waals surface area contributed by atoms with Gasteiger partial charge in [-0.15, -0.1) is 0 Å². The molecule has 2 atom stereocenters. The average Bonchev–Trinajstić information content (AvgIpc) is 2.35. The summed E-state index contributed by atoms with van der Waals surface area (Å²) in [7, 11) is 0. The Morgan fingerprint density at radius 3 is 2.42 bits per heavy atom. The number of hydrogen-bond donors (Lipinski definition) is 3. The minimum absolute atomic E-state index is 0.0113. The van der Waals surface area contributed by atoms with Gasteiger partial charge < -0.3 is 16.2 Å². The summed E-state index contributed by atoms with van der Waals surface area (Å²) in [5.74, 6) is -0.386. The van der Waals surface area contributed by atoms with E-state index in [0.717, 1.165) is 25.7 Å². The number of nitrogens with two attached hydrogens (primary N) is 1. The summed E-state index contributed by atoms with van der Waals surface area (Å²) in [4.78, 5) is 22.1. The highest BCUT2D eigenvalue weighted by molar-refractivity contribution is 5.76. The van der Waals surface area contributed by atoms with E-state index in [0.29, 0.717) is 25.3 Å². The Balaban J connectivity index is 3.84. The summed E-state index contributed by atoms with van der Waals surface area (Å²) < 4.78 is 0. The Morgan fingerprint density at radius 1 is 1.21 bits per heavy atom. The Morgan fingerprint density at radius 2 is 1.89 bits per heavy atom. The number of nitrogens with one attached hydrogen (secondary N) is 1. The van der Waals surface area contributed by atoms with E-state index in [4.69, 9.17) is 10.8 Å². The Labute approximate surface area is 115 Å². The van der Waals surface area contributed by atoms with E-state index in [1.165, 1.54) is 0 Å². The number of carbonyl (C=O) groups excluding carboxylic acids is 1. The van der Waals surface area contributed by atoms with Crippen LogP contribution in [0.1, 0.15) is 58.8 Å². The molecule has 0 saturated heterocycles. The number of carboxylic acids is 1. The minimum atomic E-state index is -0.751. The van der Waals surface area contributed by atoms with Gasteiger partial charge in [0.15, 0.2) is 0 Å². The molecule has 4 N–H and O–H groups in total. The summed E-state index contributed by atoms with van der Waals surface area (Å²) in [6.45, 7) is 4.66. The van der Waals surface area contributed by atoms with Crippen LogP contribution in [0.25, 0.3) is 0 Å². The van der Waals surface area contributed by atoms with Crippen LogP contribution in [-0.2, 0) is 9.59 Å². The van der Waals surface area contributed by atoms with Gasteiger partial charge in [-0.1, -0.05) is 26.7 Å². The van der Waals surface area contributed by atoms with E-state index < -0.39 is 5.97 Å². The highest BCUT2D eigenvalue weighted by Crippen LogP contribution is 2.17. The predicted molar refractivity (Wildman–Crippen MR) is 75.8 cm³/mol. The summed E-state index contributed by atoms with van der Waals surface area (Å²) >= 11 is 0. The van der Waals surface area contributed by atoms with Gasteiger partial charge in [0, 0.05) is 25.4 Å². The molecular weight excluding hydrogens is 244 g/mol. The molecule has 0 spiro atoms. The van der Waals surface area contributed by atoms with Crippen molar-refractivity contribution >= 4 is 11.9 Å². The van der Waals surface area contributed by atoms with Crippen LogP contribution in [0.4, 0.5) is 0 Å². The fraction of sp³-hybridized carbons (Fsp3) is 0.857. The second kappa shape index (κ2) is 10.8. The number of aliphatic carboxylic acids is 1. The van der Waals surface area contributed by atoms with Crippen molar-refractivity contribution < 1.29 is 14.7 Å². The van der Waals surface area contributed by atoms with E-state index in [-0.39, 0.29) is 18.4 Å². The predicted octanol–water partition coefficient (Wildman–Crippen LogP) is 1.90. The summed E-state index contributed by atoms with van der Waals surface area (Å²) in [5.41, 5.74) is 5.71. The first-order valence-electron chi connectivity index (χ1n) is 7.23. The average molecular weight is 272 g/mol. The van der Waals surface area contributed by atoms with Crippen molar-refractivity contribution in [3.8, 4) is 0 Å². The zero-order valence-corrected chi connectivity index (χ0v) is 12.2. The molecular formula is C14H28N2O3. The number of amides is 1. The van der Waals surface area contributed by atoms with Crippen LogP contribution in [0.15, 0.2) is 0 Å². The highest BCUT2D eigenvalue weighted by atomic mass is 16.4. The summed E-state index contributed by atoms with van der Waals surface area (Å²) in [5, 5.41) is 11.5. The molecule has 0 rings (SSSR count). The fourth-order valence-corrected chi connectivity index (χ4v) is 2.04. The molecule has 0 fully saturated rings. The van der Waals surface area contributed by atoms with Crippen molar-refractivity contribution in [1.82, 2.24) is 5.32 Å². The number of carbonyl (C=O) groups is 2. The lowest BCUT2D eigenvalue weighted by atomic mass is 9.94. The molecule has 0 radical (unpaired) electrons. The maximum absolute atomic E-state index is 11.5.